The monoisotopic (exact) mass is 428 g/mol. The largest absolute Gasteiger partial charge is 0.395 e. The zero-order chi connectivity index (χ0) is 21.4. The van der Waals surface area contributed by atoms with Crippen LogP contribution in [0.4, 0.5) is 0 Å². The lowest BCUT2D eigenvalue weighted by atomic mass is 9.94. The molecule has 2 rings (SSSR count). The van der Waals surface area contributed by atoms with Crippen LogP contribution in [0.3, 0.4) is 0 Å². The summed E-state index contributed by atoms with van der Waals surface area (Å²) >= 11 is 5.79. The number of carbonyl (C=O) groups is 2. The molecular formula is C20H29ClN2O6. The van der Waals surface area contributed by atoms with E-state index in [0.29, 0.717) is 36.5 Å². The van der Waals surface area contributed by atoms with Gasteiger partial charge in [0, 0.05) is 36.5 Å². The van der Waals surface area contributed by atoms with E-state index in [0.717, 1.165) is 0 Å². The van der Waals surface area contributed by atoms with Crippen LogP contribution >= 0.6 is 11.6 Å². The molecule has 1 amide bonds. The third-order valence-electron chi connectivity index (χ3n) is 5.16. The van der Waals surface area contributed by atoms with E-state index < -0.39 is 24.4 Å². The van der Waals surface area contributed by atoms with Crippen molar-refractivity contribution in [1.29, 1.82) is 0 Å². The highest BCUT2D eigenvalue weighted by Crippen LogP contribution is 2.19. The van der Waals surface area contributed by atoms with E-state index in [9.17, 15) is 30.0 Å². The number of aliphatic hydroxyl groups excluding tert-OH is 4. The number of aliphatic hydroxyl groups is 4. The van der Waals surface area contributed by atoms with Gasteiger partial charge in [-0.05, 0) is 43.7 Å². The fourth-order valence-electron chi connectivity index (χ4n) is 3.40. The number of Topliss-reactive ketones (excluding diaryl/α,β-unsaturated/α-hetero) is 1. The summed E-state index contributed by atoms with van der Waals surface area (Å²) in [6.45, 7) is 0.808. The van der Waals surface area contributed by atoms with Gasteiger partial charge < -0.3 is 25.7 Å². The van der Waals surface area contributed by atoms with Crippen molar-refractivity contribution in [2.45, 2.75) is 50.0 Å². The highest BCUT2D eigenvalue weighted by atomic mass is 35.5. The van der Waals surface area contributed by atoms with E-state index in [1.807, 2.05) is 0 Å². The molecule has 5 N–H and O–H groups in total. The number of β-amino-alcohol motifs (C(OH)–C–C–N with tert-alkyl or cyclic N) is 1. The standard InChI is InChI=1S/C20H29ClN2O6/c21-14-5-3-13(4-6-14)16(25)7-8-18(27)22-9-1-2-10-23-11-17(26)20(29)19(28)15(23)12-24/h3-6,15,17,19-20,24,26,28-29H,1-2,7-12H2,(H,22,27)/t15-,17+,19-,20-/m1/s1. The maximum atomic E-state index is 12.0. The molecule has 1 saturated heterocycles. The normalized spacial score (nSPS) is 25.0. The minimum atomic E-state index is -1.27. The van der Waals surface area contributed by atoms with E-state index in [1.165, 1.54) is 0 Å². The van der Waals surface area contributed by atoms with Gasteiger partial charge in [-0.25, -0.2) is 0 Å². The van der Waals surface area contributed by atoms with Gasteiger partial charge in [0.25, 0.3) is 0 Å². The molecule has 1 heterocycles. The Morgan fingerprint density at radius 2 is 1.76 bits per heavy atom. The number of hydrogen-bond donors (Lipinski definition) is 5. The molecule has 8 nitrogen and oxygen atoms in total. The zero-order valence-electron chi connectivity index (χ0n) is 16.2. The number of piperidine rings is 1. The van der Waals surface area contributed by atoms with Gasteiger partial charge in [0.1, 0.15) is 12.2 Å². The molecule has 162 valence electrons. The number of benzene rings is 1. The van der Waals surface area contributed by atoms with Crippen molar-refractivity contribution in [3.63, 3.8) is 0 Å². The lowest BCUT2D eigenvalue weighted by Gasteiger charge is -2.43. The van der Waals surface area contributed by atoms with Crippen molar-refractivity contribution in [3.05, 3.63) is 34.9 Å². The summed E-state index contributed by atoms with van der Waals surface area (Å²) in [6, 6.07) is 5.92. The van der Waals surface area contributed by atoms with Crippen molar-refractivity contribution in [3.8, 4) is 0 Å². The molecule has 1 fully saturated rings. The number of halogens is 1. The molecule has 1 aliphatic rings. The van der Waals surface area contributed by atoms with E-state index in [2.05, 4.69) is 5.32 Å². The van der Waals surface area contributed by atoms with Crippen molar-refractivity contribution in [1.82, 2.24) is 10.2 Å². The van der Waals surface area contributed by atoms with Crippen LogP contribution in [0.2, 0.25) is 5.02 Å². The SMILES string of the molecule is O=C(CCC(=O)c1ccc(Cl)cc1)NCCCCN1C[C@H](O)[C@@H](O)[C@H](O)[C@H]1CO. The van der Waals surface area contributed by atoms with Crippen LogP contribution in [-0.4, -0.2) is 87.6 Å². The smallest absolute Gasteiger partial charge is 0.220 e. The molecule has 29 heavy (non-hydrogen) atoms. The van der Waals surface area contributed by atoms with E-state index in [1.54, 1.807) is 29.2 Å². The average Bonchev–Trinajstić information content (AvgIpc) is 2.70. The van der Waals surface area contributed by atoms with Crippen molar-refractivity contribution >= 4 is 23.3 Å². The lowest BCUT2D eigenvalue weighted by Crippen LogP contribution is -2.62. The van der Waals surface area contributed by atoms with Crippen LogP contribution in [-0.2, 0) is 4.79 Å². The molecule has 1 aromatic carbocycles. The molecule has 1 aliphatic heterocycles. The van der Waals surface area contributed by atoms with E-state index in [4.69, 9.17) is 11.6 Å². The van der Waals surface area contributed by atoms with Crippen molar-refractivity contribution in [2.75, 3.05) is 26.2 Å². The topological polar surface area (TPSA) is 130 Å². The highest BCUT2D eigenvalue weighted by molar-refractivity contribution is 6.30. The first-order chi connectivity index (χ1) is 13.8. The van der Waals surface area contributed by atoms with Gasteiger partial charge in [-0.1, -0.05) is 11.6 Å². The van der Waals surface area contributed by atoms with Crippen molar-refractivity contribution < 1.29 is 30.0 Å². The predicted octanol–water partition coefficient (Wildman–Crippen LogP) is -0.0415. The molecule has 4 atom stereocenters. The van der Waals surface area contributed by atoms with Gasteiger partial charge in [0.15, 0.2) is 5.78 Å². The van der Waals surface area contributed by atoms with Gasteiger partial charge in [-0.2, -0.15) is 0 Å². The molecule has 0 saturated carbocycles. The van der Waals surface area contributed by atoms with Crippen LogP contribution in [0.25, 0.3) is 0 Å². The molecule has 0 bridgehead atoms. The second kappa shape index (κ2) is 11.6. The first-order valence-electron chi connectivity index (χ1n) is 9.78. The summed E-state index contributed by atoms with van der Waals surface area (Å²) in [5.41, 5.74) is 0.525. The maximum absolute atomic E-state index is 12.0. The maximum Gasteiger partial charge on any atom is 0.220 e. The first kappa shape index (κ1) is 23.7. The fraction of sp³-hybridized carbons (Fsp3) is 0.600. The number of rotatable bonds is 10. The minimum absolute atomic E-state index is 0.108. The quantitative estimate of drug-likeness (QED) is 0.261. The summed E-state index contributed by atoms with van der Waals surface area (Å²) in [5.74, 6) is -0.316. The van der Waals surface area contributed by atoms with Crippen molar-refractivity contribution in [2.24, 2.45) is 0 Å². The Hall–Kier alpha value is -1.55. The van der Waals surface area contributed by atoms with Crippen LogP contribution in [0, 0.1) is 0 Å². The van der Waals surface area contributed by atoms with Gasteiger partial charge in [0.05, 0.1) is 18.8 Å². The predicted molar refractivity (Wildman–Crippen MR) is 108 cm³/mol. The van der Waals surface area contributed by atoms with Crippen LogP contribution in [0.5, 0.6) is 0 Å². The van der Waals surface area contributed by atoms with Crippen LogP contribution in [0.15, 0.2) is 24.3 Å². The summed E-state index contributed by atoms with van der Waals surface area (Å²) in [5, 5.41) is 42.2. The molecule has 0 unspecified atom stereocenters. The molecule has 9 heteroatoms. The number of nitrogens with one attached hydrogen (secondary N) is 1. The third kappa shape index (κ3) is 7.02. The molecule has 0 aromatic heterocycles. The Labute approximate surface area is 175 Å². The number of amides is 1. The van der Waals surface area contributed by atoms with Crippen LogP contribution < -0.4 is 5.32 Å². The third-order valence-corrected chi connectivity index (χ3v) is 5.41. The second-order valence-corrected chi connectivity index (χ2v) is 7.72. The Morgan fingerprint density at radius 1 is 1.07 bits per heavy atom. The Kier molecular flexibility index (Phi) is 9.48. The molecule has 1 aromatic rings. The lowest BCUT2D eigenvalue weighted by molar-refractivity contribution is -0.145. The van der Waals surface area contributed by atoms with Gasteiger partial charge in [-0.15, -0.1) is 0 Å². The zero-order valence-corrected chi connectivity index (χ0v) is 17.0. The number of carbonyl (C=O) groups excluding carboxylic acids is 2. The number of unbranched alkanes of at least 4 members (excludes halogenated alkanes) is 1. The molecule has 0 spiro atoms. The number of ketones is 1. The number of hydrogen-bond acceptors (Lipinski definition) is 7. The van der Waals surface area contributed by atoms with E-state index >= 15 is 0 Å². The Balaban J connectivity index is 1.62. The molecular weight excluding hydrogens is 400 g/mol. The van der Waals surface area contributed by atoms with Gasteiger partial charge in [0.2, 0.25) is 5.91 Å². The molecule has 0 radical (unpaired) electrons. The summed E-state index contributed by atoms with van der Waals surface area (Å²) in [6.07, 6.45) is -1.96. The fourth-order valence-corrected chi connectivity index (χ4v) is 3.52. The Bertz CT molecular complexity index is 671. The average molecular weight is 429 g/mol. The number of nitrogens with zero attached hydrogens (tertiary/aromatic N) is 1. The minimum Gasteiger partial charge on any atom is -0.395 e. The van der Waals surface area contributed by atoms with Crippen LogP contribution in [0.1, 0.15) is 36.0 Å². The van der Waals surface area contributed by atoms with Gasteiger partial charge >= 0.3 is 0 Å². The Morgan fingerprint density at radius 3 is 2.41 bits per heavy atom. The summed E-state index contributed by atoms with van der Waals surface area (Å²) < 4.78 is 0. The summed E-state index contributed by atoms with van der Waals surface area (Å²) in [4.78, 5) is 25.7. The highest BCUT2D eigenvalue weighted by Gasteiger charge is 2.40. The van der Waals surface area contributed by atoms with E-state index in [-0.39, 0.29) is 37.7 Å². The number of likely N-dealkylation sites (tertiary alicyclic amines) is 1. The summed E-state index contributed by atoms with van der Waals surface area (Å²) in [7, 11) is 0. The van der Waals surface area contributed by atoms with Gasteiger partial charge in [-0.3, -0.25) is 14.5 Å². The second-order valence-electron chi connectivity index (χ2n) is 7.28. The molecule has 0 aliphatic carbocycles. The first-order valence-corrected chi connectivity index (χ1v) is 10.2.